The number of hydrogen-bond acceptors (Lipinski definition) is 2. The molecular formula is C12H7BrFN3O. The van der Waals surface area contributed by atoms with Crippen LogP contribution in [0.5, 0.6) is 0 Å². The van der Waals surface area contributed by atoms with Gasteiger partial charge < -0.3 is 4.98 Å². The number of para-hydroxylation sites is 1. The SMILES string of the molecule is O=c1[nH]c2c(cnn2-c2ccccc2F)cc1Br. The number of halogens is 2. The monoisotopic (exact) mass is 307 g/mol. The third kappa shape index (κ3) is 1.65. The predicted molar refractivity (Wildman–Crippen MR) is 69.3 cm³/mol. The second kappa shape index (κ2) is 4.06. The van der Waals surface area contributed by atoms with Gasteiger partial charge in [0.05, 0.1) is 10.7 Å². The lowest BCUT2D eigenvalue weighted by molar-refractivity contribution is 0.612. The first-order chi connectivity index (χ1) is 8.66. The zero-order valence-corrected chi connectivity index (χ0v) is 10.6. The summed E-state index contributed by atoms with van der Waals surface area (Å²) in [7, 11) is 0. The molecule has 3 rings (SSSR count). The molecule has 0 fully saturated rings. The van der Waals surface area contributed by atoms with E-state index in [1.807, 2.05) is 0 Å². The van der Waals surface area contributed by atoms with Gasteiger partial charge in [-0.05, 0) is 34.1 Å². The van der Waals surface area contributed by atoms with Gasteiger partial charge in [-0.3, -0.25) is 4.79 Å². The van der Waals surface area contributed by atoms with Gasteiger partial charge in [-0.1, -0.05) is 12.1 Å². The molecule has 18 heavy (non-hydrogen) atoms. The van der Waals surface area contributed by atoms with Gasteiger partial charge in [0.1, 0.15) is 17.2 Å². The molecule has 90 valence electrons. The van der Waals surface area contributed by atoms with E-state index in [0.717, 1.165) is 5.39 Å². The van der Waals surface area contributed by atoms with Gasteiger partial charge in [0, 0.05) is 5.39 Å². The summed E-state index contributed by atoms with van der Waals surface area (Å²) in [5, 5.41) is 4.82. The van der Waals surface area contributed by atoms with Crippen LogP contribution in [0.1, 0.15) is 0 Å². The highest BCUT2D eigenvalue weighted by Crippen LogP contribution is 2.19. The van der Waals surface area contributed by atoms with Gasteiger partial charge in [-0.2, -0.15) is 5.10 Å². The second-order valence-electron chi connectivity index (χ2n) is 3.76. The van der Waals surface area contributed by atoms with Crippen molar-refractivity contribution in [3.63, 3.8) is 0 Å². The molecule has 3 aromatic rings. The Morgan fingerprint density at radius 1 is 1.33 bits per heavy atom. The summed E-state index contributed by atoms with van der Waals surface area (Å²) in [4.78, 5) is 14.2. The largest absolute Gasteiger partial charge is 0.305 e. The van der Waals surface area contributed by atoms with Crippen molar-refractivity contribution in [2.45, 2.75) is 0 Å². The highest BCUT2D eigenvalue weighted by atomic mass is 79.9. The Labute approximate surface area is 109 Å². The fraction of sp³-hybridized carbons (Fsp3) is 0. The van der Waals surface area contributed by atoms with E-state index in [0.29, 0.717) is 15.8 Å². The molecule has 0 atom stereocenters. The number of hydrogen-bond donors (Lipinski definition) is 1. The summed E-state index contributed by atoms with van der Waals surface area (Å²) in [6.45, 7) is 0. The van der Waals surface area contributed by atoms with E-state index < -0.39 is 5.82 Å². The smallest absolute Gasteiger partial charge is 0.263 e. The molecule has 1 N–H and O–H groups in total. The van der Waals surface area contributed by atoms with E-state index >= 15 is 0 Å². The fourth-order valence-corrected chi connectivity index (χ4v) is 2.11. The molecule has 0 saturated carbocycles. The van der Waals surface area contributed by atoms with E-state index in [1.165, 1.54) is 10.7 Å². The summed E-state index contributed by atoms with van der Waals surface area (Å²) in [6, 6.07) is 7.91. The third-order valence-electron chi connectivity index (χ3n) is 2.61. The standard InChI is InChI=1S/C12H7BrFN3O/c13-8-5-7-6-15-17(11(7)16-12(8)18)10-4-2-1-3-9(10)14/h1-6H,(H,16,18). The summed E-state index contributed by atoms with van der Waals surface area (Å²) in [6.07, 6.45) is 1.57. The van der Waals surface area contributed by atoms with Crippen molar-refractivity contribution in [2.24, 2.45) is 0 Å². The maximum absolute atomic E-state index is 13.7. The molecule has 0 amide bonds. The Morgan fingerprint density at radius 3 is 2.89 bits per heavy atom. The topological polar surface area (TPSA) is 50.7 Å². The Hall–Kier alpha value is -1.95. The fourth-order valence-electron chi connectivity index (χ4n) is 1.77. The maximum Gasteiger partial charge on any atom is 0.263 e. The van der Waals surface area contributed by atoms with Crippen LogP contribution in [0.15, 0.2) is 45.8 Å². The van der Waals surface area contributed by atoms with Crippen LogP contribution in [0, 0.1) is 5.82 Å². The lowest BCUT2D eigenvalue weighted by Gasteiger charge is -2.04. The normalized spacial score (nSPS) is 11.0. The summed E-state index contributed by atoms with van der Waals surface area (Å²) >= 11 is 3.14. The lowest BCUT2D eigenvalue weighted by atomic mass is 10.3. The van der Waals surface area contributed by atoms with Crippen molar-refractivity contribution in [2.75, 3.05) is 0 Å². The molecule has 2 heterocycles. The predicted octanol–water partition coefficient (Wildman–Crippen LogP) is 2.62. The van der Waals surface area contributed by atoms with E-state index in [1.54, 1.807) is 30.5 Å². The van der Waals surface area contributed by atoms with Gasteiger partial charge in [0.25, 0.3) is 5.56 Å². The van der Waals surface area contributed by atoms with Gasteiger partial charge in [0.2, 0.25) is 0 Å². The van der Waals surface area contributed by atoms with Crippen LogP contribution in [-0.2, 0) is 0 Å². The minimum atomic E-state index is -0.397. The van der Waals surface area contributed by atoms with E-state index in [-0.39, 0.29) is 5.56 Å². The third-order valence-corrected chi connectivity index (χ3v) is 3.20. The quantitative estimate of drug-likeness (QED) is 0.751. The number of aromatic nitrogens is 3. The first kappa shape index (κ1) is 11.2. The van der Waals surface area contributed by atoms with Crippen LogP contribution < -0.4 is 5.56 Å². The minimum Gasteiger partial charge on any atom is -0.305 e. The first-order valence-electron chi connectivity index (χ1n) is 5.18. The van der Waals surface area contributed by atoms with Gasteiger partial charge >= 0.3 is 0 Å². The number of rotatable bonds is 1. The van der Waals surface area contributed by atoms with Crippen molar-refractivity contribution in [1.29, 1.82) is 0 Å². The molecule has 1 aromatic carbocycles. The lowest BCUT2D eigenvalue weighted by Crippen LogP contribution is -2.09. The van der Waals surface area contributed by atoms with Crippen LogP contribution in [0.4, 0.5) is 4.39 Å². The molecule has 0 bridgehead atoms. The first-order valence-corrected chi connectivity index (χ1v) is 5.97. The molecule has 0 saturated heterocycles. The molecule has 0 aliphatic rings. The number of H-pyrrole nitrogens is 1. The number of pyridine rings is 1. The molecule has 4 nitrogen and oxygen atoms in total. The molecule has 0 aliphatic heterocycles. The van der Waals surface area contributed by atoms with Crippen molar-refractivity contribution in [1.82, 2.24) is 14.8 Å². The Bertz CT molecular complexity index is 793. The molecule has 0 unspecified atom stereocenters. The van der Waals surface area contributed by atoms with Crippen molar-refractivity contribution < 1.29 is 4.39 Å². The molecule has 2 aromatic heterocycles. The van der Waals surface area contributed by atoms with Crippen LogP contribution in [0.25, 0.3) is 16.7 Å². The van der Waals surface area contributed by atoms with Crippen LogP contribution in [0.3, 0.4) is 0 Å². The van der Waals surface area contributed by atoms with Gasteiger partial charge in [-0.15, -0.1) is 0 Å². The minimum absolute atomic E-state index is 0.277. The number of aromatic amines is 1. The van der Waals surface area contributed by atoms with Crippen LogP contribution in [0.2, 0.25) is 0 Å². The zero-order valence-electron chi connectivity index (χ0n) is 9.02. The van der Waals surface area contributed by atoms with E-state index in [4.69, 9.17) is 0 Å². The summed E-state index contributed by atoms with van der Waals surface area (Å²) < 4.78 is 15.5. The number of benzene rings is 1. The second-order valence-corrected chi connectivity index (χ2v) is 4.61. The molecular weight excluding hydrogens is 301 g/mol. The average molecular weight is 308 g/mol. The molecule has 0 spiro atoms. The Balaban J connectivity index is 2.35. The van der Waals surface area contributed by atoms with Crippen molar-refractivity contribution >= 4 is 27.0 Å². The van der Waals surface area contributed by atoms with E-state index in [9.17, 15) is 9.18 Å². The average Bonchev–Trinajstić information content (AvgIpc) is 2.73. The highest BCUT2D eigenvalue weighted by molar-refractivity contribution is 9.10. The van der Waals surface area contributed by atoms with Gasteiger partial charge in [-0.25, -0.2) is 9.07 Å². The number of nitrogens with one attached hydrogen (secondary N) is 1. The Kier molecular flexibility index (Phi) is 2.52. The van der Waals surface area contributed by atoms with Gasteiger partial charge in [0.15, 0.2) is 0 Å². The van der Waals surface area contributed by atoms with Crippen LogP contribution >= 0.6 is 15.9 Å². The molecule has 0 aliphatic carbocycles. The molecule has 6 heteroatoms. The Morgan fingerprint density at radius 2 is 2.11 bits per heavy atom. The molecule has 0 radical (unpaired) electrons. The maximum atomic E-state index is 13.7. The number of fused-ring (bicyclic) bond motifs is 1. The number of nitrogens with zero attached hydrogens (tertiary/aromatic N) is 2. The highest BCUT2D eigenvalue weighted by Gasteiger charge is 2.10. The zero-order chi connectivity index (χ0) is 12.7. The van der Waals surface area contributed by atoms with Crippen LogP contribution in [-0.4, -0.2) is 14.8 Å². The van der Waals surface area contributed by atoms with Crippen molar-refractivity contribution in [3.8, 4) is 5.69 Å². The summed E-state index contributed by atoms with van der Waals surface area (Å²) in [5.41, 5.74) is 0.486. The van der Waals surface area contributed by atoms with Crippen molar-refractivity contribution in [3.05, 3.63) is 57.2 Å². The van der Waals surface area contributed by atoms with E-state index in [2.05, 4.69) is 26.0 Å². The summed E-state index contributed by atoms with van der Waals surface area (Å²) in [5.74, 6) is -0.397.